The molecular formula is C7H13NO3. The summed E-state index contributed by atoms with van der Waals surface area (Å²) in [6, 6.07) is 0. The number of aliphatic carboxylic acids is 1. The van der Waals surface area contributed by atoms with Crippen LogP contribution in [0, 0.1) is 0 Å². The number of nitrogens with one attached hydrogen (secondary N) is 1. The molecule has 1 aliphatic heterocycles. The highest BCUT2D eigenvalue weighted by molar-refractivity contribution is 5.67. The fraction of sp³-hybridized carbons (Fsp3) is 0.857. The van der Waals surface area contributed by atoms with Crippen molar-refractivity contribution in [3.05, 3.63) is 0 Å². The molecule has 2 atom stereocenters. The van der Waals surface area contributed by atoms with E-state index in [0.717, 1.165) is 6.54 Å². The molecule has 64 valence electrons. The van der Waals surface area contributed by atoms with Crippen molar-refractivity contribution in [2.24, 2.45) is 0 Å². The number of carboxylic acids is 1. The summed E-state index contributed by atoms with van der Waals surface area (Å²) in [6.45, 7) is 3.40. The Kier molecular flexibility index (Phi) is 2.84. The maximum Gasteiger partial charge on any atom is 0.306 e. The number of rotatable bonds is 2. The Morgan fingerprint density at radius 1 is 1.73 bits per heavy atom. The predicted molar refractivity (Wildman–Crippen MR) is 39.5 cm³/mol. The van der Waals surface area contributed by atoms with E-state index in [4.69, 9.17) is 9.84 Å². The SMILES string of the molecule is CC1CNCC(CC(=O)O)O1. The number of ether oxygens (including phenoxy) is 1. The van der Waals surface area contributed by atoms with E-state index in [-0.39, 0.29) is 18.6 Å². The van der Waals surface area contributed by atoms with Crippen LogP contribution in [0.4, 0.5) is 0 Å². The molecule has 1 heterocycles. The minimum Gasteiger partial charge on any atom is -0.481 e. The fourth-order valence-electron chi connectivity index (χ4n) is 1.19. The van der Waals surface area contributed by atoms with Gasteiger partial charge in [-0.2, -0.15) is 0 Å². The van der Waals surface area contributed by atoms with Crippen LogP contribution in [0.1, 0.15) is 13.3 Å². The molecule has 2 N–H and O–H groups in total. The van der Waals surface area contributed by atoms with Crippen molar-refractivity contribution in [1.82, 2.24) is 5.32 Å². The third-order valence-electron chi connectivity index (χ3n) is 1.63. The van der Waals surface area contributed by atoms with Gasteiger partial charge in [-0.1, -0.05) is 0 Å². The van der Waals surface area contributed by atoms with Gasteiger partial charge >= 0.3 is 5.97 Å². The Labute approximate surface area is 65.5 Å². The van der Waals surface area contributed by atoms with E-state index in [1.807, 2.05) is 6.92 Å². The van der Waals surface area contributed by atoms with Gasteiger partial charge in [-0.15, -0.1) is 0 Å². The molecule has 1 aliphatic rings. The van der Waals surface area contributed by atoms with Crippen molar-refractivity contribution in [1.29, 1.82) is 0 Å². The summed E-state index contributed by atoms with van der Waals surface area (Å²) in [5, 5.41) is 11.5. The fourth-order valence-corrected chi connectivity index (χ4v) is 1.19. The molecule has 11 heavy (non-hydrogen) atoms. The van der Waals surface area contributed by atoms with Crippen LogP contribution in [-0.2, 0) is 9.53 Å². The Morgan fingerprint density at radius 3 is 3.00 bits per heavy atom. The standard InChI is InChI=1S/C7H13NO3/c1-5-3-8-4-6(11-5)2-7(9)10/h5-6,8H,2-4H2,1H3,(H,9,10). The minimum absolute atomic E-state index is 0.0946. The Balaban J connectivity index is 2.28. The van der Waals surface area contributed by atoms with Gasteiger partial charge in [0, 0.05) is 13.1 Å². The first kappa shape index (κ1) is 8.49. The van der Waals surface area contributed by atoms with Crippen LogP contribution < -0.4 is 5.32 Å². The molecule has 0 aromatic rings. The molecule has 0 aliphatic carbocycles. The Morgan fingerprint density at radius 2 is 2.45 bits per heavy atom. The lowest BCUT2D eigenvalue weighted by molar-refractivity contribution is -0.142. The predicted octanol–water partition coefficient (Wildman–Crippen LogP) is -0.162. The molecule has 0 aromatic carbocycles. The molecule has 1 rings (SSSR count). The number of morpholine rings is 1. The zero-order valence-electron chi connectivity index (χ0n) is 6.54. The molecule has 0 amide bonds. The van der Waals surface area contributed by atoms with Crippen LogP contribution in [0.2, 0.25) is 0 Å². The third-order valence-corrected chi connectivity index (χ3v) is 1.63. The molecule has 1 fully saturated rings. The molecule has 0 saturated carbocycles. The van der Waals surface area contributed by atoms with E-state index in [2.05, 4.69) is 5.32 Å². The first-order valence-electron chi connectivity index (χ1n) is 3.76. The van der Waals surface area contributed by atoms with Gasteiger partial charge in [0.05, 0.1) is 18.6 Å². The zero-order valence-corrected chi connectivity index (χ0v) is 6.54. The van der Waals surface area contributed by atoms with Crippen molar-refractivity contribution in [2.75, 3.05) is 13.1 Å². The Hall–Kier alpha value is -0.610. The van der Waals surface area contributed by atoms with E-state index in [1.54, 1.807) is 0 Å². The van der Waals surface area contributed by atoms with Crippen LogP contribution >= 0.6 is 0 Å². The number of carboxylic acid groups (broad SMARTS) is 1. The lowest BCUT2D eigenvalue weighted by Crippen LogP contribution is -2.44. The van der Waals surface area contributed by atoms with Crippen molar-refractivity contribution in [2.45, 2.75) is 25.6 Å². The zero-order chi connectivity index (χ0) is 8.27. The summed E-state index contributed by atoms with van der Waals surface area (Å²) in [7, 11) is 0. The van der Waals surface area contributed by atoms with Crippen molar-refractivity contribution in [3.63, 3.8) is 0 Å². The topological polar surface area (TPSA) is 58.6 Å². The second-order valence-corrected chi connectivity index (χ2v) is 2.82. The van der Waals surface area contributed by atoms with Gasteiger partial charge in [-0.05, 0) is 6.92 Å². The van der Waals surface area contributed by atoms with Crippen LogP contribution in [0.3, 0.4) is 0 Å². The smallest absolute Gasteiger partial charge is 0.306 e. The normalized spacial score (nSPS) is 31.7. The quantitative estimate of drug-likeness (QED) is 0.587. The maximum absolute atomic E-state index is 10.3. The Bertz CT molecular complexity index is 149. The lowest BCUT2D eigenvalue weighted by atomic mass is 10.2. The first-order chi connectivity index (χ1) is 5.18. The molecule has 1 saturated heterocycles. The van der Waals surface area contributed by atoms with Gasteiger partial charge in [-0.25, -0.2) is 0 Å². The van der Waals surface area contributed by atoms with Crippen LogP contribution in [0.25, 0.3) is 0 Å². The molecule has 0 aromatic heterocycles. The van der Waals surface area contributed by atoms with Crippen molar-refractivity contribution >= 4 is 5.97 Å². The summed E-state index contributed by atoms with van der Waals surface area (Å²) in [4.78, 5) is 10.3. The maximum atomic E-state index is 10.3. The summed E-state index contributed by atoms with van der Waals surface area (Å²) in [6.07, 6.45) is 0.0708. The second-order valence-electron chi connectivity index (χ2n) is 2.82. The monoisotopic (exact) mass is 159 g/mol. The average molecular weight is 159 g/mol. The molecule has 0 spiro atoms. The van der Waals surface area contributed by atoms with E-state index < -0.39 is 5.97 Å². The van der Waals surface area contributed by atoms with Gasteiger partial charge in [0.2, 0.25) is 0 Å². The molecular weight excluding hydrogens is 146 g/mol. The molecule has 4 nitrogen and oxygen atoms in total. The molecule has 0 radical (unpaired) electrons. The van der Waals surface area contributed by atoms with E-state index in [1.165, 1.54) is 0 Å². The molecule has 2 unspecified atom stereocenters. The third kappa shape index (κ3) is 2.86. The van der Waals surface area contributed by atoms with E-state index in [9.17, 15) is 4.79 Å². The van der Waals surface area contributed by atoms with Crippen molar-refractivity contribution < 1.29 is 14.6 Å². The van der Waals surface area contributed by atoms with Gasteiger partial charge in [-0.3, -0.25) is 4.79 Å². The highest BCUT2D eigenvalue weighted by Crippen LogP contribution is 2.06. The van der Waals surface area contributed by atoms with E-state index in [0.29, 0.717) is 6.54 Å². The van der Waals surface area contributed by atoms with E-state index >= 15 is 0 Å². The highest BCUT2D eigenvalue weighted by Gasteiger charge is 2.20. The largest absolute Gasteiger partial charge is 0.481 e. The minimum atomic E-state index is -0.800. The number of hydrogen-bond acceptors (Lipinski definition) is 3. The van der Waals surface area contributed by atoms with Crippen LogP contribution in [0.5, 0.6) is 0 Å². The summed E-state index contributed by atoms with van der Waals surface area (Å²) < 4.78 is 5.35. The van der Waals surface area contributed by atoms with Crippen LogP contribution in [-0.4, -0.2) is 36.4 Å². The summed E-state index contributed by atoms with van der Waals surface area (Å²) in [5.74, 6) is -0.800. The van der Waals surface area contributed by atoms with Gasteiger partial charge in [0.1, 0.15) is 0 Å². The highest BCUT2D eigenvalue weighted by atomic mass is 16.5. The summed E-state index contributed by atoms with van der Waals surface area (Å²) >= 11 is 0. The van der Waals surface area contributed by atoms with Gasteiger partial charge < -0.3 is 15.2 Å². The van der Waals surface area contributed by atoms with Crippen molar-refractivity contribution in [3.8, 4) is 0 Å². The van der Waals surface area contributed by atoms with Crippen LogP contribution in [0.15, 0.2) is 0 Å². The first-order valence-corrected chi connectivity index (χ1v) is 3.76. The molecule has 0 bridgehead atoms. The summed E-state index contributed by atoms with van der Waals surface area (Å²) in [5.41, 5.74) is 0. The van der Waals surface area contributed by atoms with Gasteiger partial charge in [0.15, 0.2) is 0 Å². The number of carbonyl (C=O) groups is 1. The number of hydrogen-bond donors (Lipinski definition) is 2. The molecule has 4 heteroatoms. The van der Waals surface area contributed by atoms with Gasteiger partial charge in [0.25, 0.3) is 0 Å². The average Bonchev–Trinajstić information content (AvgIpc) is 1.85. The lowest BCUT2D eigenvalue weighted by Gasteiger charge is -2.27. The second kappa shape index (κ2) is 3.69.